The molecule has 0 radical (unpaired) electrons. The average Bonchev–Trinajstić information content (AvgIpc) is 2.65. The fraction of sp³-hybridized carbons (Fsp3) is 0.357. The van der Waals surface area contributed by atoms with Gasteiger partial charge < -0.3 is 4.52 Å². The van der Waals surface area contributed by atoms with Crippen molar-refractivity contribution in [2.24, 2.45) is 5.41 Å². The van der Waals surface area contributed by atoms with E-state index in [9.17, 15) is 0 Å². The molecule has 1 aromatic heterocycles. The fourth-order valence-corrected chi connectivity index (χ4v) is 1.66. The number of hydrogen-bond acceptors (Lipinski definition) is 2. The van der Waals surface area contributed by atoms with Crippen molar-refractivity contribution in [1.82, 2.24) is 5.16 Å². The maximum absolute atomic E-state index is 5.35. The van der Waals surface area contributed by atoms with Crippen molar-refractivity contribution in [3.8, 4) is 11.3 Å². The van der Waals surface area contributed by atoms with Gasteiger partial charge in [0.2, 0.25) is 0 Å². The minimum Gasteiger partial charge on any atom is -0.361 e. The van der Waals surface area contributed by atoms with Gasteiger partial charge >= 0.3 is 0 Å². The predicted octanol–water partition coefficient (Wildman–Crippen LogP) is 3.93. The third-order valence-electron chi connectivity index (χ3n) is 2.33. The molecule has 0 N–H and O–H groups in total. The fourth-order valence-electron chi connectivity index (χ4n) is 1.66. The lowest BCUT2D eigenvalue weighted by Gasteiger charge is -2.14. The highest BCUT2D eigenvalue weighted by molar-refractivity contribution is 5.58. The van der Waals surface area contributed by atoms with E-state index in [4.69, 9.17) is 4.52 Å². The van der Waals surface area contributed by atoms with Crippen LogP contribution in [0.1, 0.15) is 26.5 Å². The summed E-state index contributed by atoms with van der Waals surface area (Å²) in [6.45, 7) is 6.58. The molecule has 2 heteroatoms. The Morgan fingerprint density at radius 3 is 2.44 bits per heavy atom. The summed E-state index contributed by atoms with van der Waals surface area (Å²) in [5, 5.41) is 4.10. The molecule has 0 spiro atoms. The van der Waals surface area contributed by atoms with Gasteiger partial charge in [0.25, 0.3) is 0 Å². The van der Waals surface area contributed by atoms with Gasteiger partial charge in [-0.05, 0) is 5.41 Å². The monoisotopic (exact) mass is 215 g/mol. The molecule has 0 aliphatic rings. The van der Waals surface area contributed by atoms with E-state index >= 15 is 0 Å². The third kappa shape index (κ3) is 2.72. The summed E-state index contributed by atoms with van der Waals surface area (Å²) in [7, 11) is 0. The van der Waals surface area contributed by atoms with Crippen LogP contribution in [-0.2, 0) is 6.42 Å². The van der Waals surface area contributed by atoms with E-state index in [0.29, 0.717) is 0 Å². The minimum atomic E-state index is 0.230. The van der Waals surface area contributed by atoms with Crippen LogP contribution in [0, 0.1) is 5.41 Å². The van der Waals surface area contributed by atoms with E-state index in [-0.39, 0.29) is 5.41 Å². The van der Waals surface area contributed by atoms with Crippen molar-refractivity contribution in [1.29, 1.82) is 0 Å². The normalized spacial score (nSPS) is 11.7. The Balaban J connectivity index is 2.21. The Hall–Kier alpha value is -1.57. The number of aromatic nitrogens is 1. The van der Waals surface area contributed by atoms with E-state index in [1.807, 2.05) is 36.4 Å². The predicted molar refractivity (Wildman–Crippen MR) is 65.1 cm³/mol. The second-order valence-corrected chi connectivity index (χ2v) is 5.28. The van der Waals surface area contributed by atoms with Gasteiger partial charge in [0, 0.05) is 18.1 Å². The molecule has 1 heterocycles. The van der Waals surface area contributed by atoms with Crippen LogP contribution >= 0.6 is 0 Å². The molecule has 1 aromatic carbocycles. The summed E-state index contributed by atoms with van der Waals surface area (Å²) in [5.74, 6) is 0.950. The Labute approximate surface area is 96.3 Å². The summed E-state index contributed by atoms with van der Waals surface area (Å²) >= 11 is 0. The quantitative estimate of drug-likeness (QED) is 0.758. The number of nitrogens with zero attached hydrogens (tertiary/aromatic N) is 1. The van der Waals surface area contributed by atoms with Gasteiger partial charge in [-0.25, -0.2) is 0 Å². The molecule has 0 fully saturated rings. The Morgan fingerprint density at radius 2 is 1.81 bits per heavy atom. The van der Waals surface area contributed by atoms with Gasteiger partial charge in [-0.2, -0.15) is 0 Å². The van der Waals surface area contributed by atoms with Crippen molar-refractivity contribution >= 4 is 0 Å². The summed E-state index contributed by atoms with van der Waals surface area (Å²) in [6, 6.07) is 12.1. The van der Waals surface area contributed by atoms with Crippen LogP contribution in [0.5, 0.6) is 0 Å². The summed E-state index contributed by atoms with van der Waals surface area (Å²) < 4.78 is 5.35. The van der Waals surface area contributed by atoms with Crippen LogP contribution in [0.4, 0.5) is 0 Å². The average molecular weight is 215 g/mol. The molecular weight excluding hydrogens is 198 g/mol. The molecule has 2 aromatic rings. The standard InChI is InChI=1S/C14H17NO/c1-14(2,3)10-12-9-13(15-16-12)11-7-5-4-6-8-11/h4-9H,10H2,1-3H3. The molecule has 0 unspecified atom stereocenters. The van der Waals surface area contributed by atoms with Gasteiger partial charge in [0.15, 0.2) is 0 Å². The van der Waals surface area contributed by atoms with Crippen molar-refractivity contribution in [3.63, 3.8) is 0 Å². The Kier molecular flexibility index (Phi) is 2.82. The first-order chi connectivity index (χ1) is 7.54. The van der Waals surface area contributed by atoms with Crippen molar-refractivity contribution < 1.29 is 4.52 Å². The highest BCUT2D eigenvalue weighted by Crippen LogP contribution is 2.24. The van der Waals surface area contributed by atoms with Crippen LogP contribution in [0.15, 0.2) is 40.9 Å². The maximum Gasteiger partial charge on any atom is 0.137 e. The van der Waals surface area contributed by atoms with Crippen LogP contribution < -0.4 is 0 Å². The van der Waals surface area contributed by atoms with Crippen LogP contribution in [0.3, 0.4) is 0 Å². The Morgan fingerprint density at radius 1 is 1.12 bits per heavy atom. The van der Waals surface area contributed by atoms with Crippen molar-refractivity contribution in [2.75, 3.05) is 0 Å². The second kappa shape index (κ2) is 4.12. The lowest BCUT2D eigenvalue weighted by molar-refractivity contribution is 0.321. The number of rotatable bonds is 2. The molecule has 0 aliphatic carbocycles. The Bertz CT molecular complexity index is 451. The molecule has 0 amide bonds. The third-order valence-corrected chi connectivity index (χ3v) is 2.33. The van der Waals surface area contributed by atoms with Gasteiger partial charge in [-0.1, -0.05) is 56.3 Å². The van der Waals surface area contributed by atoms with Gasteiger partial charge in [-0.3, -0.25) is 0 Å². The molecule has 84 valence electrons. The number of benzene rings is 1. The molecule has 0 aliphatic heterocycles. The highest BCUT2D eigenvalue weighted by atomic mass is 16.5. The summed E-state index contributed by atoms with van der Waals surface area (Å²) in [4.78, 5) is 0. The molecular formula is C14H17NO. The van der Waals surface area contributed by atoms with Crippen molar-refractivity contribution in [2.45, 2.75) is 27.2 Å². The lowest BCUT2D eigenvalue weighted by Crippen LogP contribution is -2.08. The number of hydrogen-bond donors (Lipinski definition) is 0. The first-order valence-electron chi connectivity index (χ1n) is 5.56. The SMILES string of the molecule is CC(C)(C)Cc1cc(-c2ccccc2)no1. The zero-order valence-electron chi connectivity index (χ0n) is 10.0. The van der Waals surface area contributed by atoms with Gasteiger partial charge in [-0.15, -0.1) is 0 Å². The zero-order valence-corrected chi connectivity index (χ0v) is 10.0. The van der Waals surface area contributed by atoms with E-state index in [2.05, 4.69) is 25.9 Å². The van der Waals surface area contributed by atoms with E-state index in [1.54, 1.807) is 0 Å². The lowest BCUT2D eigenvalue weighted by atomic mass is 9.91. The molecule has 2 nitrogen and oxygen atoms in total. The summed E-state index contributed by atoms with van der Waals surface area (Å²) in [6.07, 6.45) is 0.910. The molecule has 0 atom stereocenters. The molecule has 0 saturated carbocycles. The molecule has 0 saturated heterocycles. The van der Waals surface area contributed by atoms with Crippen molar-refractivity contribution in [3.05, 3.63) is 42.2 Å². The van der Waals surface area contributed by atoms with E-state index in [1.165, 1.54) is 0 Å². The molecule has 0 bridgehead atoms. The largest absolute Gasteiger partial charge is 0.361 e. The first kappa shape index (κ1) is 10.9. The van der Waals surface area contributed by atoms with Crippen LogP contribution in [0.25, 0.3) is 11.3 Å². The first-order valence-corrected chi connectivity index (χ1v) is 5.56. The van der Waals surface area contributed by atoms with E-state index < -0.39 is 0 Å². The molecule has 2 rings (SSSR count). The smallest absolute Gasteiger partial charge is 0.137 e. The topological polar surface area (TPSA) is 26.0 Å². The second-order valence-electron chi connectivity index (χ2n) is 5.28. The van der Waals surface area contributed by atoms with Crippen LogP contribution in [-0.4, -0.2) is 5.16 Å². The minimum absolute atomic E-state index is 0.230. The summed E-state index contributed by atoms with van der Waals surface area (Å²) in [5.41, 5.74) is 2.25. The van der Waals surface area contributed by atoms with Crippen LogP contribution in [0.2, 0.25) is 0 Å². The van der Waals surface area contributed by atoms with Gasteiger partial charge in [0.1, 0.15) is 11.5 Å². The zero-order chi connectivity index (χ0) is 11.6. The van der Waals surface area contributed by atoms with Gasteiger partial charge in [0.05, 0.1) is 0 Å². The molecule has 16 heavy (non-hydrogen) atoms. The van der Waals surface area contributed by atoms with E-state index in [0.717, 1.165) is 23.4 Å². The maximum atomic E-state index is 5.35. The highest BCUT2D eigenvalue weighted by Gasteiger charge is 2.15.